The number of methoxy groups -OCH3 is 2. The lowest BCUT2D eigenvalue weighted by Gasteiger charge is -2.06. The Morgan fingerprint density at radius 1 is 1.22 bits per heavy atom. The summed E-state index contributed by atoms with van der Waals surface area (Å²) in [6, 6.07) is 1.49. The van der Waals surface area contributed by atoms with E-state index in [0.717, 1.165) is 0 Å². The summed E-state index contributed by atoms with van der Waals surface area (Å²) in [7, 11) is 2.86. The van der Waals surface area contributed by atoms with Gasteiger partial charge in [0.05, 0.1) is 20.4 Å². The molecule has 0 saturated heterocycles. The van der Waals surface area contributed by atoms with Gasteiger partial charge in [-0.2, -0.15) is 4.98 Å². The fraction of sp³-hybridized carbons (Fsp3) is 0.182. The highest BCUT2D eigenvalue weighted by atomic mass is 16.5. The van der Waals surface area contributed by atoms with Crippen LogP contribution >= 0.6 is 0 Å². The summed E-state index contributed by atoms with van der Waals surface area (Å²) in [6.07, 6.45) is 4.11. The number of carbonyl (C=O) groups is 1. The third-order valence-electron chi connectivity index (χ3n) is 2.15. The minimum Gasteiger partial charge on any atom is -0.480 e. The zero-order valence-corrected chi connectivity index (χ0v) is 9.82. The van der Waals surface area contributed by atoms with E-state index in [4.69, 9.17) is 9.47 Å². The fourth-order valence-electron chi connectivity index (χ4n) is 1.30. The second-order valence-electron chi connectivity index (χ2n) is 3.19. The van der Waals surface area contributed by atoms with E-state index in [-0.39, 0.29) is 28.9 Å². The maximum atomic E-state index is 12.1. The minimum atomic E-state index is -0.385. The summed E-state index contributed by atoms with van der Waals surface area (Å²) in [5.74, 6) is -0.0200. The predicted octanol–water partition coefficient (Wildman–Crippen LogP) is 0.515. The third kappa shape index (κ3) is 2.24. The highest BCUT2D eigenvalue weighted by molar-refractivity contribution is 6.07. The largest absolute Gasteiger partial charge is 0.480 e. The van der Waals surface area contributed by atoms with E-state index in [1.165, 1.54) is 39.0 Å². The molecule has 0 unspecified atom stereocenters. The van der Waals surface area contributed by atoms with Crippen LogP contribution in [0.15, 0.2) is 24.8 Å². The second kappa shape index (κ2) is 5.17. The SMILES string of the molecule is COc1cnc(C(=O)c2ccncn2)c(OC)n1. The maximum Gasteiger partial charge on any atom is 0.247 e. The van der Waals surface area contributed by atoms with Crippen LogP contribution < -0.4 is 9.47 Å². The van der Waals surface area contributed by atoms with Crippen molar-refractivity contribution in [2.75, 3.05) is 14.2 Å². The first-order chi connectivity index (χ1) is 8.76. The Bertz CT molecular complexity index is 559. The fourth-order valence-corrected chi connectivity index (χ4v) is 1.30. The Morgan fingerprint density at radius 2 is 2.06 bits per heavy atom. The van der Waals surface area contributed by atoms with Crippen LogP contribution in [0.4, 0.5) is 0 Å². The molecular weight excluding hydrogens is 236 g/mol. The standard InChI is InChI=1S/C11H10N4O3/c1-17-8-5-13-9(11(15-8)18-2)10(16)7-3-4-12-6-14-7/h3-6H,1-2H3. The molecule has 2 aromatic heterocycles. The van der Waals surface area contributed by atoms with Gasteiger partial charge < -0.3 is 9.47 Å². The average Bonchev–Trinajstić information content (AvgIpc) is 2.46. The van der Waals surface area contributed by atoms with Crippen LogP contribution in [0.3, 0.4) is 0 Å². The van der Waals surface area contributed by atoms with Gasteiger partial charge in [-0.3, -0.25) is 4.79 Å². The molecule has 0 saturated carbocycles. The van der Waals surface area contributed by atoms with Crippen LogP contribution in [0.5, 0.6) is 11.8 Å². The van der Waals surface area contributed by atoms with E-state index in [1.54, 1.807) is 0 Å². The maximum absolute atomic E-state index is 12.1. The van der Waals surface area contributed by atoms with Crippen LogP contribution in [0.25, 0.3) is 0 Å². The molecule has 0 amide bonds. The highest BCUT2D eigenvalue weighted by Gasteiger charge is 2.19. The van der Waals surface area contributed by atoms with Crippen LogP contribution in [-0.4, -0.2) is 39.9 Å². The van der Waals surface area contributed by atoms with E-state index in [2.05, 4.69) is 19.9 Å². The van der Waals surface area contributed by atoms with Crippen molar-refractivity contribution in [3.8, 4) is 11.8 Å². The van der Waals surface area contributed by atoms with Gasteiger partial charge in [-0.25, -0.2) is 15.0 Å². The van der Waals surface area contributed by atoms with Gasteiger partial charge in [0.25, 0.3) is 0 Å². The van der Waals surface area contributed by atoms with Crippen molar-refractivity contribution in [3.05, 3.63) is 36.2 Å². The Hall–Kier alpha value is -2.57. The van der Waals surface area contributed by atoms with E-state index in [1.807, 2.05) is 0 Å². The molecule has 0 aromatic carbocycles. The quantitative estimate of drug-likeness (QED) is 0.726. The molecule has 0 aliphatic heterocycles. The number of rotatable bonds is 4. The Morgan fingerprint density at radius 3 is 2.67 bits per heavy atom. The van der Waals surface area contributed by atoms with Crippen LogP contribution in [0, 0.1) is 0 Å². The molecule has 2 rings (SSSR count). The van der Waals surface area contributed by atoms with Gasteiger partial charge in [0.2, 0.25) is 17.5 Å². The number of hydrogen-bond acceptors (Lipinski definition) is 7. The smallest absolute Gasteiger partial charge is 0.247 e. The predicted molar refractivity (Wildman–Crippen MR) is 60.6 cm³/mol. The molecule has 2 aromatic rings. The first kappa shape index (κ1) is 11.9. The molecular formula is C11H10N4O3. The molecule has 7 heteroatoms. The van der Waals surface area contributed by atoms with Gasteiger partial charge in [-0.1, -0.05) is 0 Å². The summed E-state index contributed by atoms with van der Waals surface area (Å²) in [6.45, 7) is 0. The average molecular weight is 246 g/mol. The van der Waals surface area contributed by atoms with Gasteiger partial charge in [0.1, 0.15) is 12.0 Å². The number of carbonyl (C=O) groups excluding carboxylic acids is 1. The van der Waals surface area contributed by atoms with Crippen LogP contribution in [0.1, 0.15) is 16.2 Å². The summed E-state index contributed by atoms with van der Waals surface area (Å²) in [4.78, 5) is 27.7. The normalized spacial score (nSPS) is 9.89. The lowest BCUT2D eigenvalue weighted by Crippen LogP contribution is -2.10. The summed E-state index contributed by atoms with van der Waals surface area (Å²) in [5, 5.41) is 0. The monoisotopic (exact) mass is 246 g/mol. The first-order valence-electron chi connectivity index (χ1n) is 5.02. The van der Waals surface area contributed by atoms with Crippen molar-refractivity contribution < 1.29 is 14.3 Å². The Kier molecular flexibility index (Phi) is 3.42. The molecule has 18 heavy (non-hydrogen) atoms. The van der Waals surface area contributed by atoms with Gasteiger partial charge in [0.15, 0.2) is 5.69 Å². The van der Waals surface area contributed by atoms with E-state index < -0.39 is 0 Å². The summed E-state index contributed by atoms with van der Waals surface area (Å²) < 4.78 is 9.92. The Balaban J connectivity index is 2.42. The number of ketones is 1. The van der Waals surface area contributed by atoms with Crippen molar-refractivity contribution in [2.45, 2.75) is 0 Å². The van der Waals surface area contributed by atoms with Crippen molar-refractivity contribution in [1.82, 2.24) is 19.9 Å². The van der Waals surface area contributed by atoms with Crippen molar-refractivity contribution in [1.29, 1.82) is 0 Å². The number of ether oxygens (including phenoxy) is 2. The molecule has 0 N–H and O–H groups in total. The molecule has 0 aliphatic rings. The molecule has 0 fully saturated rings. The number of nitrogens with zero attached hydrogens (tertiary/aromatic N) is 4. The Labute approximate surface area is 103 Å². The van der Waals surface area contributed by atoms with Crippen molar-refractivity contribution in [3.63, 3.8) is 0 Å². The van der Waals surface area contributed by atoms with Crippen molar-refractivity contribution >= 4 is 5.78 Å². The molecule has 92 valence electrons. The molecule has 0 radical (unpaired) electrons. The molecule has 7 nitrogen and oxygen atoms in total. The van der Waals surface area contributed by atoms with E-state index in [0.29, 0.717) is 0 Å². The van der Waals surface area contributed by atoms with Gasteiger partial charge in [-0.15, -0.1) is 0 Å². The zero-order valence-electron chi connectivity index (χ0n) is 9.82. The number of aromatic nitrogens is 4. The lowest BCUT2D eigenvalue weighted by molar-refractivity contribution is 0.102. The van der Waals surface area contributed by atoms with Crippen molar-refractivity contribution in [2.24, 2.45) is 0 Å². The minimum absolute atomic E-state index is 0.0806. The molecule has 0 aliphatic carbocycles. The molecule has 0 atom stereocenters. The highest BCUT2D eigenvalue weighted by Crippen LogP contribution is 2.18. The van der Waals surface area contributed by atoms with Gasteiger partial charge >= 0.3 is 0 Å². The van der Waals surface area contributed by atoms with E-state index >= 15 is 0 Å². The van der Waals surface area contributed by atoms with Crippen LogP contribution in [0.2, 0.25) is 0 Å². The lowest BCUT2D eigenvalue weighted by atomic mass is 10.2. The zero-order chi connectivity index (χ0) is 13.0. The second-order valence-corrected chi connectivity index (χ2v) is 3.19. The molecule has 0 spiro atoms. The van der Waals surface area contributed by atoms with Crippen LogP contribution in [-0.2, 0) is 0 Å². The third-order valence-corrected chi connectivity index (χ3v) is 2.15. The molecule has 0 bridgehead atoms. The molecule has 2 heterocycles. The van der Waals surface area contributed by atoms with E-state index in [9.17, 15) is 4.79 Å². The topological polar surface area (TPSA) is 87.1 Å². The van der Waals surface area contributed by atoms with Gasteiger partial charge in [-0.05, 0) is 6.07 Å². The first-order valence-corrected chi connectivity index (χ1v) is 5.02. The number of hydrogen-bond donors (Lipinski definition) is 0. The summed E-state index contributed by atoms with van der Waals surface area (Å²) in [5.41, 5.74) is 0.305. The van der Waals surface area contributed by atoms with Gasteiger partial charge in [0, 0.05) is 6.20 Å². The summed E-state index contributed by atoms with van der Waals surface area (Å²) >= 11 is 0.